The maximum absolute atomic E-state index is 11.8. The van der Waals surface area contributed by atoms with E-state index in [9.17, 15) is 9.90 Å². The van der Waals surface area contributed by atoms with Gasteiger partial charge in [0.25, 0.3) is 0 Å². The van der Waals surface area contributed by atoms with Crippen molar-refractivity contribution in [2.24, 2.45) is 0 Å². The molecular formula is C16H19NO3. The molecule has 106 valence electrons. The molecule has 0 spiro atoms. The molecule has 1 aromatic heterocycles. The van der Waals surface area contributed by atoms with Crippen LogP contribution in [0.25, 0.3) is 0 Å². The second kappa shape index (κ2) is 6.91. The van der Waals surface area contributed by atoms with Crippen LogP contribution < -0.4 is 5.32 Å². The number of carbonyl (C=O) groups is 1. The Morgan fingerprint density at radius 1 is 1.40 bits per heavy atom. The Kier molecular flexibility index (Phi) is 4.96. The van der Waals surface area contributed by atoms with Gasteiger partial charge >= 0.3 is 0 Å². The first-order valence-corrected chi connectivity index (χ1v) is 6.67. The Morgan fingerprint density at radius 3 is 2.95 bits per heavy atom. The lowest BCUT2D eigenvalue weighted by Crippen LogP contribution is -2.27. The van der Waals surface area contributed by atoms with Crippen molar-refractivity contribution in [1.29, 1.82) is 0 Å². The van der Waals surface area contributed by atoms with Gasteiger partial charge in [0.05, 0.1) is 25.1 Å². The summed E-state index contributed by atoms with van der Waals surface area (Å²) in [4.78, 5) is 11.8. The van der Waals surface area contributed by atoms with Gasteiger partial charge in [0.15, 0.2) is 0 Å². The molecule has 0 saturated heterocycles. The van der Waals surface area contributed by atoms with E-state index in [4.69, 9.17) is 4.42 Å². The first kappa shape index (κ1) is 14.3. The van der Waals surface area contributed by atoms with Gasteiger partial charge in [-0.2, -0.15) is 0 Å². The summed E-state index contributed by atoms with van der Waals surface area (Å²) in [7, 11) is 0. The summed E-state index contributed by atoms with van der Waals surface area (Å²) in [6.45, 7) is 2.44. The summed E-state index contributed by atoms with van der Waals surface area (Å²) in [6, 6.07) is 9.61. The standard InChI is InChI=1S/C16H19NO3/c1-12-3-2-4-13(9-12)10-16(19)17-7-5-15(18)14-6-8-20-11-14/h2-4,6,8-9,11,15,18H,5,7,10H2,1H3,(H,17,19). The maximum atomic E-state index is 11.8. The molecule has 2 aromatic rings. The summed E-state index contributed by atoms with van der Waals surface area (Å²) in [5.74, 6) is -0.0324. The Bertz CT molecular complexity index is 549. The number of rotatable bonds is 6. The van der Waals surface area contributed by atoms with Crippen LogP contribution in [0, 0.1) is 6.92 Å². The van der Waals surface area contributed by atoms with Crippen molar-refractivity contribution in [2.45, 2.75) is 25.9 Å². The van der Waals surface area contributed by atoms with Crippen LogP contribution >= 0.6 is 0 Å². The second-order valence-corrected chi connectivity index (χ2v) is 4.88. The third-order valence-electron chi connectivity index (χ3n) is 3.12. The largest absolute Gasteiger partial charge is 0.472 e. The fraction of sp³-hybridized carbons (Fsp3) is 0.312. The smallest absolute Gasteiger partial charge is 0.224 e. The van der Waals surface area contributed by atoms with Crippen LogP contribution in [0.4, 0.5) is 0 Å². The molecule has 4 heteroatoms. The molecular weight excluding hydrogens is 254 g/mol. The van der Waals surface area contributed by atoms with Gasteiger partial charge in [-0.3, -0.25) is 4.79 Å². The van der Waals surface area contributed by atoms with E-state index in [-0.39, 0.29) is 5.91 Å². The van der Waals surface area contributed by atoms with Crippen molar-refractivity contribution in [3.8, 4) is 0 Å². The van der Waals surface area contributed by atoms with Gasteiger partial charge in [0.2, 0.25) is 5.91 Å². The number of benzene rings is 1. The number of carbonyl (C=O) groups excluding carboxylic acids is 1. The van der Waals surface area contributed by atoms with Crippen LogP contribution in [0.15, 0.2) is 47.3 Å². The van der Waals surface area contributed by atoms with Crippen molar-refractivity contribution in [1.82, 2.24) is 5.32 Å². The maximum Gasteiger partial charge on any atom is 0.224 e. The highest BCUT2D eigenvalue weighted by Crippen LogP contribution is 2.15. The van der Waals surface area contributed by atoms with E-state index < -0.39 is 6.10 Å². The van der Waals surface area contributed by atoms with E-state index in [1.807, 2.05) is 31.2 Å². The molecule has 20 heavy (non-hydrogen) atoms. The van der Waals surface area contributed by atoms with Gasteiger partial charge in [-0.25, -0.2) is 0 Å². The van der Waals surface area contributed by atoms with Crippen molar-refractivity contribution in [3.05, 3.63) is 59.5 Å². The molecule has 0 aliphatic heterocycles. The molecule has 1 amide bonds. The number of amides is 1. The average Bonchev–Trinajstić information content (AvgIpc) is 2.92. The lowest BCUT2D eigenvalue weighted by molar-refractivity contribution is -0.120. The third kappa shape index (κ3) is 4.24. The molecule has 0 aliphatic carbocycles. The molecule has 0 bridgehead atoms. The van der Waals surface area contributed by atoms with Crippen LogP contribution in [0.3, 0.4) is 0 Å². The fourth-order valence-electron chi connectivity index (χ4n) is 2.05. The molecule has 0 aliphatic rings. The highest BCUT2D eigenvalue weighted by Gasteiger charge is 2.09. The highest BCUT2D eigenvalue weighted by atomic mass is 16.3. The van der Waals surface area contributed by atoms with Gasteiger partial charge in [0.1, 0.15) is 0 Å². The first-order valence-electron chi connectivity index (χ1n) is 6.67. The minimum Gasteiger partial charge on any atom is -0.472 e. The van der Waals surface area contributed by atoms with Crippen LogP contribution in [0.5, 0.6) is 0 Å². The molecule has 1 heterocycles. The molecule has 1 atom stereocenters. The number of nitrogens with one attached hydrogen (secondary N) is 1. The predicted octanol–water partition coefficient (Wildman–Crippen LogP) is 2.37. The number of hydrogen-bond donors (Lipinski definition) is 2. The molecule has 4 nitrogen and oxygen atoms in total. The first-order chi connectivity index (χ1) is 9.65. The Balaban J connectivity index is 1.73. The monoisotopic (exact) mass is 273 g/mol. The Morgan fingerprint density at radius 2 is 2.25 bits per heavy atom. The van der Waals surface area contributed by atoms with E-state index >= 15 is 0 Å². The quantitative estimate of drug-likeness (QED) is 0.849. The van der Waals surface area contributed by atoms with Gasteiger partial charge in [-0.05, 0) is 25.0 Å². The van der Waals surface area contributed by atoms with Gasteiger partial charge in [0, 0.05) is 12.1 Å². The molecule has 2 rings (SSSR count). The molecule has 1 aromatic carbocycles. The van der Waals surface area contributed by atoms with E-state index in [0.29, 0.717) is 19.4 Å². The van der Waals surface area contributed by atoms with E-state index in [1.165, 1.54) is 12.5 Å². The van der Waals surface area contributed by atoms with Crippen molar-refractivity contribution in [2.75, 3.05) is 6.54 Å². The van der Waals surface area contributed by atoms with Gasteiger partial charge < -0.3 is 14.8 Å². The predicted molar refractivity (Wildman–Crippen MR) is 76.2 cm³/mol. The SMILES string of the molecule is Cc1cccc(CC(=O)NCCC(O)c2ccoc2)c1. The average molecular weight is 273 g/mol. The van der Waals surface area contributed by atoms with Crippen LogP contribution in [-0.4, -0.2) is 17.6 Å². The number of furan rings is 1. The van der Waals surface area contributed by atoms with E-state index in [2.05, 4.69) is 5.32 Å². The summed E-state index contributed by atoms with van der Waals surface area (Å²) >= 11 is 0. The third-order valence-corrected chi connectivity index (χ3v) is 3.12. The van der Waals surface area contributed by atoms with Crippen molar-refractivity contribution in [3.63, 3.8) is 0 Å². The normalized spacial score (nSPS) is 12.1. The lowest BCUT2D eigenvalue weighted by atomic mass is 10.1. The zero-order chi connectivity index (χ0) is 14.4. The Labute approximate surface area is 118 Å². The summed E-state index contributed by atoms with van der Waals surface area (Å²) in [5, 5.41) is 12.7. The molecule has 1 unspecified atom stereocenters. The lowest BCUT2D eigenvalue weighted by Gasteiger charge is -2.09. The zero-order valence-electron chi connectivity index (χ0n) is 11.5. The van der Waals surface area contributed by atoms with Crippen molar-refractivity contribution >= 4 is 5.91 Å². The molecule has 0 radical (unpaired) electrons. The fourth-order valence-corrected chi connectivity index (χ4v) is 2.05. The van der Waals surface area contributed by atoms with Gasteiger partial charge in [-0.1, -0.05) is 29.8 Å². The molecule has 0 fully saturated rings. The van der Waals surface area contributed by atoms with Crippen LogP contribution in [-0.2, 0) is 11.2 Å². The Hall–Kier alpha value is -2.07. The second-order valence-electron chi connectivity index (χ2n) is 4.88. The minimum atomic E-state index is -0.604. The van der Waals surface area contributed by atoms with Gasteiger partial charge in [-0.15, -0.1) is 0 Å². The number of aliphatic hydroxyl groups excluding tert-OH is 1. The van der Waals surface area contributed by atoms with Crippen LogP contribution in [0.2, 0.25) is 0 Å². The molecule has 0 saturated carbocycles. The summed E-state index contributed by atoms with van der Waals surface area (Å²) in [6.07, 6.45) is 3.27. The number of aryl methyl sites for hydroxylation is 1. The zero-order valence-corrected chi connectivity index (χ0v) is 11.5. The highest BCUT2D eigenvalue weighted by molar-refractivity contribution is 5.78. The van der Waals surface area contributed by atoms with Crippen molar-refractivity contribution < 1.29 is 14.3 Å². The topological polar surface area (TPSA) is 62.5 Å². The number of hydrogen-bond acceptors (Lipinski definition) is 3. The molecule has 2 N–H and O–H groups in total. The summed E-state index contributed by atoms with van der Waals surface area (Å²) in [5.41, 5.74) is 2.88. The van der Waals surface area contributed by atoms with E-state index in [1.54, 1.807) is 6.07 Å². The number of aliphatic hydroxyl groups is 1. The summed E-state index contributed by atoms with van der Waals surface area (Å²) < 4.78 is 4.91. The minimum absolute atomic E-state index is 0.0324. The van der Waals surface area contributed by atoms with Crippen LogP contribution in [0.1, 0.15) is 29.2 Å². The van der Waals surface area contributed by atoms with E-state index in [0.717, 1.165) is 16.7 Å².